The molecular formula is C11H9BrF2N4O. The highest BCUT2D eigenvalue weighted by Crippen LogP contribution is 2.23. The molecule has 0 aliphatic rings. The van der Waals surface area contributed by atoms with E-state index in [1.165, 1.54) is 6.33 Å². The summed E-state index contributed by atoms with van der Waals surface area (Å²) < 4.78 is 26.9. The Kier molecular flexibility index (Phi) is 3.89. The molecule has 19 heavy (non-hydrogen) atoms. The first kappa shape index (κ1) is 13.6. The number of halogens is 3. The van der Waals surface area contributed by atoms with Crippen LogP contribution in [0.2, 0.25) is 0 Å². The van der Waals surface area contributed by atoms with E-state index in [0.717, 1.165) is 5.56 Å². The van der Waals surface area contributed by atoms with E-state index >= 15 is 0 Å². The summed E-state index contributed by atoms with van der Waals surface area (Å²) in [4.78, 5) is 11.3. The topological polar surface area (TPSA) is 59.8 Å². The molecule has 2 aromatic rings. The number of nitrogens with one attached hydrogen (secondary N) is 1. The standard InChI is InChI=1S/C11H9BrF2N4O/c12-11(13,14)10(19)17-9-3-1-8(2-4-9)5-18-7-15-6-16-18/h1-4,6-7H,5H2,(H,17,19). The zero-order valence-electron chi connectivity index (χ0n) is 9.55. The molecule has 1 N–H and O–H groups in total. The second kappa shape index (κ2) is 5.43. The lowest BCUT2D eigenvalue weighted by Crippen LogP contribution is -2.28. The van der Waals surface area contributed by atoms with E-state index in [1.807, 2.05) is 15.9 Å². The van der Waals surface area contributed by atoms with Gasteiger partial charge in [0, 0.05) is 21.6 Å². The molecule has 0 spiro atoms. The molecule has 1 aromatic heterocycles. The van der Waals surface area contributed by atoms with Gasteiger partial charge in [0.05, 0.1) is 6.54 Å². The van der Waals surface area contributed by atoms with Crippen LogP contribution in [0.15, 0.2) is 36.9 Å². The van der Waals surface area contributed by atoms with Crippen LogP contribution >= 0.6 is 15.9 Å². The van der Waals surface area contributed by atoms with E-state index in [2.05, 4.69) is 15.4 Å². The van der Waals surface area contributed by atoms with E-state index < -0.39 is 10.7 Å². The lowest BCUT2D eigenvalue weighted by molar-refractivity contribution is -0.128. The van der Waals surface area contributed by atoms with Gasteiger partial charge in [0.25, 0.3) is 0 Å². The number of hydrogen-bond acceptors (Lipinski definition) is 3. The van der Waals surface area contributed by atoms with Gasteiger partial charge in [0.15, 0.2) is 0 Å². The van der Waals surface area contributed by atoms with Gasteiger partial charge in [0.2, 0.25) is 0 Å². The molecule has 5 nitrogen and oxygen atoms in total. The van der Waals surface area contributed by atoms with E-state index in [9.17, 15) is 13.6 Å². The monoisotopic (exact) mass is 330 g/mol. The number of amides is 1. The molecule has 8 heteroatoms. The molecule has 1 amide bonds. The molecule has 100 valence electrons. The van der Waals surface area contributed by atoms with Gasteiger partial charge in [-0.15, -0.1) is 0 Å². The van der Waals surface area contributed by atoms with Crippen molar-refractivity contribution in [3.63, 3.8) is 0 Å². The summed E-state index contributed by atoms with van der Waals surface area (Å²) in [7, 11) is 0. The number of hydrogen-bond donors (Lipinski definition) is 1. The van der Waals surface area contributed by atoms with Crippen molar-refractivity contribution in [1.82, 2.24) is 14.8 Å². The van der Waals surface area contributed by atoms with Gasteiger partial charge in [0.1, 0.15) is 12.7 Å². The van der Waals surface area contributed by atoms with Crippen molar-refractivity contribution in [2.75, 3.05) is 5.32 Å². The molecule has 0 saturated carbocycles. The van der Waals surface area contributed by atoms with Crippen LogP contribution in [0.1, 0.15) is 5.56 Å². The van der Waals surface area contributed by atoms with Crippen molar-refractivity contribution in [3.05, 3.63) is 42.5 Å². The summed E-state index contributed by atoms with van der Waals surface area (Å²) in [5, 5.41) is 6.04. The predicted octanol–water partition coefficient (Wildman–Crippen LogP) is 2.25. The predicted molar refractivity (Wildman–Crippen MR) is 68.1 cm³/mol. The summed E-state index contributed by atoms with van der Waals surface area (Å²) in [6.07, 6.45) is 2.99. The number of anilines is 1. The van der Waals surface area contributed by atoms with Crippen LogP contribution in [-0.2, 0) is 11.3 Å². The zero-order chi connectivity index (χ0) is 13.9. The number of nitrogens with zero attached hydrogens (tertiary/aromatic N) is 3. The van der Waals surface area contributed by atoms with Crippen molar-refractivity contribution in [1.29, 1.82) is 0 Å². The Morgan fingerprint density at radius 2 is 2.05 bits per heavy atom. The fourth-order valence-electron chi connectivity index (χ4n) is 1.40. The molecule has 2 rings (SSSR count). The Labute approximate surface area is 115 Å². The van der Waals surface area contributed by atoms with Crippen LogP contribution in [0.3, 0.4) is 0 Å². The van der Waals surface area contributed by atoms with Gasteiger partial charge in [-0.25, -0.2) is 9.67 Å². The van der Waals surface area contributed by atoms with Gasteiger partial charge >= 0.3 is 10.7 Å². The quantitative estimate of drug-likeness (QED) is 0.875. The third-order valence-corrected chi connectivity index (χ3v) is 2.64. The van der Waals surface area contributed by atoms with E-state index in [1.54, 1.807) is 35.3 Å². The van der Waals surface area contributed by atoms with Crippen LogP contribution in [0.5, 0.6) is 0 Å². The third-order valence-electron chi connectivity index (χ3n) is 2.28. The van der Waals surface area contributed by atoms with Gasteiger partial charge < -0.3 is 5.32 Å². The van der Waals surface area contributed by atoms with Crippen LogP contribution < -0.4 is 5.32 Å². The van der Waals surface area contributed by atoms with Gasteiger partial charge in [-0.1, -0.05) is 12.1 Å². The minimum absolute atomic E-state index is 0.298. The van der Waals surface area contributed by atoms with Crippen molar-refractivity contribution in [2.24, 2.45) is 0 Å². The highest BCUT2D eigenvalue weighted by atomic mass is 79.9. The zero-order valence-corrected chi connectivity index (χ0v) is 11.1. The summed E-state index contributed by atoms with van der Waals surface area (Å²) in [5.74, 6) is -1.41. The number of benzene rings is 1. The first-order valence-electron chi connectivity index (χ1n) is 5.25. The third kappa shape index (κ3) is 3.82. The molecule has 1 aromatic carbocycles. The molecule has 0 saturated heterocycles. The molecule has 0 atom stereocenters. The Bertz CT molecular complexity index is 551. The lowest BCUT2D eigenvalue weighted by atomic mass is 10.2. The van der Waals surface area contributed by atoms with Gasteiger partial charge in [-0.3, -0.25) is 4.79 Å². The number of carbonyl (C=O) groups excluding carboxylic acids is 1. The second-order valence-corrected chi connectivity index (χ2v) is 4.74. The number of alkyl halides is 3. The Morgan fingerprint density at radius 3 is 2.58 bits per heavy atom. The van der Waals surface area contributed by atoms with E-state index in [0.29, 0.717) is 12.2 Å². The molecular weight excluding hydrogens is 322 g/mol. The fourth-order valence-corrected chi connectivity index (χ4v) is 1.50. The van der Waals surface area contributed by atoms with Crippen LogP contribution in [0.4, 0.5) is 14.5 Å². The maximum atomic E-state index is 12.6. The SMILES string of the molecule is O=C(Nc1ccc(Cn2cncn2)cc1)C(F)(F)Br. The Balaban J connectivity index is 2.01. The minimum atomic E-state index is -3.58. The van der Waals surface area contributed by atoms with E-state index in [-0.39, 0.29) is 0 Å². The summed E-state index contributed by atoms with van der Waals surface area (Å²) in [6.45, 7) is 0.517. The molecule has 0 aliphatic heterocycles. The van der Waals surface area contributed by atoms with Crippen molar-refractivity contribution in [3.8, 4) is 0 Å². The summed E-state index contributed by atoms with van der Waals surface area (Å²) in [6, 6.07) is 6.51. The molecule has 0 radical (unpaired) electrons. The van der Waals surface area contributed by atoms with Crippen LogP contribution in [-0.4, -0.2) is 25.5 Å². The molecule has 0 bridgehead atoms. The van der Waals surface area contributed by atoms with Crippen LogP contribution in [0, 0.1) is 0 Å². The first-order chi connectivity index (χ1) is 8.95. The Morgan fingerprint density at radius 1 is 1.37 bits per heavy atom. The second-order valence-electron chi connectivity index (χ2n) is 3.74. The number of rotatable bonds is 4. The smallest absolute Gasteiger partial charge is 0.320 e. The summed E-state index contributed by atoms with van der Waals surface area (Å²) in [5.41, 5.74) is 1.21. The lowest BCUT2D eigenvalue weighted by Gasteiger charge is -2.09. The minimum Gasteiger partial charge on any atom is -0.320 e. The average Bonchev–Trinajstić information content (AvgIpc) is 2.83. The van der Waals surface area contributed by atoms with Gasteiger partial charge in [-0.05, 0) is 17.7 Å². The molecule has 0 fully saturated rings. The molecule has 0 unspecified atom stereocenters. The number of carbonyl (C=O) groups is 1. The maximum absolute atomic E-state index is 12.6. The van der Waals surface area contributed by atoms with Gasteiger partial charge in [-0.2, -0.15) is 13.9 Å². The van der Waals surface area contributed by atoms with Crippen molar-refractivity contribution < 1.29 is 13.6 Å². The largest absolute Gasteiger partial charge is 0.378 e. The van der Waals surface area contributed by atoms with E-state index in [4.69, 9.17) is 0 Å². The van der Waals surface area contributed by atoms with Crippen LogP contribution in [0.25, 0.3) is 0 Å². The highest BCUT2D eigenvalue weighted by molar-refractivity contribution is 9.10. The summed E-state index contributed by atoms with van der Waals surface area (Å²) >= 11 is 1.99. The highest BCUT2D eigenvalue weighted by Gasteiger charge is 2.34. The molecule has 0 aliphatic carbocycles. The average molecular weight is 331 g/mol. The fraction of sp³-hybridized carbons (Fsp3) is 0.182. The first-order valence-corrected chi connectivity index (χ1v) is 6.04. The maximum Gasteiger partial charge on any atom is 0.378 e. The van der Waals surface area contributed by atoms with Crippen molar-refractivity contribution >= 4 is 27.5 Å². The van der Waals surface area contributed by atoms with Crippen molar-refractivity contribution in [2.45, 2.75) is 11.4 Å². The molecule has 1 heterocycles. The normalized spacial score (nSPS) is 11.3. The Hall–Kier alpha value is -1.83. The number of aromatic nitrogens is 3.